The molecule has 0 saturated carbocycles. The number of aromatic nitrogens is 3. The van der Waals surface area contributed by atoms with Gasteiger partial charge in [0, 0.05) is 18.0 Å². The molecule has 0 aliphatic heterocycles. The van der Waals surface area contributed by atoms with Crippen LogP contribution in [-0.2, 0) is 0 Å². The molecular weight excluding hydrogens is 475 g/mol. The van der Waals surface area contributed by atoms with Gasteiger partial charge >= 0.3 is 0 Å². The van der Waals surface area contributed by atoms with Crippen molar-refractivity contribution in [3.8, 4) is 23.2 Å². The molecule has 1 atom stereocenters. The van der Waals surface area contributed by atoms with Gasteiger partial charge in [-0.25, -0.2) is 8.91 Å². The highest BCUT2D eigenvalue weighted by Gasteiger charge is 2.27. The van der Waals surface area contributed by atoms with E-state index in [1.54, 1.807) is 22.7 Å². The lowest BCUT2D eigenvalue weighted by Crippen LogP contribution is -2.42. The lowest BCUT2D eigenvalue weighted by Gasteiger charge is -2.22. The van der Waals surface area contributed by atoms with Gasteiger partial charge in [-0.15, -0.1) is 0 Å². The monoisotopic (exact) mass is 502 g/mol. The number of alkyl halides is 1. The van der Waals surface area contributed by atoms with E-state index in [0.717, 1.165) is 5.52 Å². The second-order valence-corrected chi connectivity index (χ2v) is 8.94. The summed E-state index contributed by atoms with van der Waals surface area (Å²) in [6, 6.07) is 16.4. The number of aliphatic hydroxyl groups is 1. The quantitative estimate of drug-likeness (QED) is 0.313. The summed E-state index contributed by atoms with van der Waals surface area (Å²) in [4.78, 5) is 17.5. The summed E-state index contributed by atoms with van der Waals surface area (Å²) in [6.45, 7) is 4.71. The van der Waals surface area contributed by atoms with Crippen LogP contribution in [-0.4, -0.2) is 50.5 Å². The molecule has 1 amide bonds. The van der Waals surface area contributed by atoms with Gasteiger partial charge in [0.2, 0.25) is 0 Å². The molecule has 0 aliphatic rings. The summed E-state index contributed by atoms with van der Waals surface area (Å²) >= 11 is 0. The first-order chi connectivity index (χ1) is 17.7. The van der Waals surface area contributed by atoms with E-state index in [2.05, 4.69) is 26.8 Å². The predicted octanol–water partition coefficient (Wildman–Crippen LogP) is 4.25. The van der Waals surface area contributed by atoms with Crippen molar-refractivity contribution in [2.45, 2.75) is 32.5 Å². The Bertz CT molecular complexity index is 1470. The molecule has 10 heteroatoms. The van der Waals surface area contributed by atoms with E-state index in [9.17, 15) is 14.3 Å². The second kappa shape index (κ2) is 10.6. The third kappa shape index (κ3) is 5.85. The van der Waals surface area contributed by atoms with E-state index >= 15 is 0 Å². The van der Waals surface area contributed by atoms with Crippen LogP contribution in [0, 0.1) is 11.3 Å². The minimum absolute atomic E-state index is 0.189. The zero-order valence-corrected chi connectivity index (χ0v) is 20.7. The lowest BCUT2D eigenvalue weighted by atomic mass is 10.0. The Kier molecular flexibility index (Phi) is 7.36. The van der Waals surface area contributed by atoms with Gasteiger partial charge in [-0.2, -0.15) is 10.4 Å². The standard InChI is InChI=1S/C27H27FN6O3/c1-4-37-20-7-5-6-18(11-20)33-22-12-23(24-9-8-19-10-17(13-29)14-32-34(19)24)30-15-21(22)26(35)31-16-25(28)27(2,3)36/h5-12,14-15,25,36H,4,16H2,1-3H3,(H,30,33)(H,31,35). The van der Waals surface area contributed by atoms with Gasteiger partial charge in [0.15, 0.2) is 0 Å². The van der Waals surface area contributed by atoms with Crippen LogP contribution < -0.4 is 15.4 Å². The highest BCUT2D eigenvalue weighted by Crippen LogP contribution is 2.29. The maximum absolute atomic E-state index is 14.3. The van der Waals surface area contributed by atoms with Gasteiger partial charge in [-0.3, -0.25) is 9.78 Å². The predicted molar refractivity (Wildman–Crippen MR) is 138 cm³/mol. The van der Waals surface area contributed by atoms with Crippen molar-refractivity contribution in [1.82, 2.24) is 19.9 Å². The molecule has 1 aromatic carbocycles. The molecule has 0 radical (unpaired) electrons. The van der Waals surface area contributed by atoms with E-state index in [0.29, 0.717) is 40.7 Å². The number of anilines is 2. The molecule has 37 heavy (non-hydrogen) atoms. The van der Waals surface area contributed by atoms with Crippen LogP contribution in [0.25, 0.3) is 16.9 Å². The van der Waals surface area contributed by atoms with E-state index in [1.807, 2.05) is 37.3 Å². The molecule has 190 valence electrons. The average molecular weight is 503 g/mol. The van der Waals surface area contributed by atoms with Gasteiger partial charge in [0.25, 0.3) is 5.91 Å². The molecular formula is C27H27FN6O3. The molecule has 3 N–H and O–H groups in total. The van der Waals surface area contributed by atoms with Crippen molar-refractivity contribution >= 4 is 22.8 Å². The molecule has 0 bridgehead atoms. The molecule has 0 spiro atoms. The van der Waals surface area contributed by atoms with Crippen molar-refractivity contribution in [1.29, 1.82) is 5.26 Å². The van der Waals surface area contributed by atoms with Crippen LogP contribution in [0.3, 0.4) is 0 Å². The largest absolute Gasteiger partial charge is 0.494 e. The summed E-state index contributed by atoms with van der Waals surface area (Å²) in [5, 5.41) is 29.1. The summed E-state index contributed by atoms with van der Waals surface area (Å²) < 4.78 is 21.5. The zero-order chi connectivity index (χ0) is 26.6. The Labute approximate surface area is 213 Å². The van der Waals surface area contributed by atoms with Crippen LogP contribution in [0.1, 0.15) is 36.7 Å². The number of halogens is 1. The number of pyridine rings is 1. The Morgan fingerprint density at radius 3 is 2.78 bits per heavy atom. The first-order valence-electron chi connectivity index (χ1n) is 11.7. The summed E-state index contributed by atoms with van der Waals surface area (Å²) in [6.07, 6.45) is 1.21. The molecule has 4 rings (SSSR count). The maximum atomic E-state index is 14.3. The van der Waals surface area contributed by atoms with Crippen molar-refractivity contribution < 1.29 is 19.0 Å². The first-order valence-corrected chi connectivity index (χ1v) is 11.7. The number of nitrogens with zero attached hydrogens (tertiary/aromatic N) is 4. The van der Waals surface area contributed by atoms with E-state index in [1.165, 1.54) is 26.2 Å². The van der Waals surface area contributed by atoms with Crippen LogP contribution in [0.15, 0.2) is 60.9 Å². The van der Waals surface area contributed by atoms with Crippen LogP contribution in [0.5, 0.6) is 5.75 Å². The summed E-state index contributed by atoms with van der Waals surface area (Å²) in [5.41, 5.74) is 2.04. The number of carbonyl (C=O) groups excluding carboxylic acids is 1. The normalized spacial score (nSPS) is 12.1. The molecule has 0 aliphatic carbocycles. The minimum atomic E-state index is -1.65. The van der Waals surface area contributed by atoms with E-state index < -0.39 is 17.7 Å². The van der Waals surface area contributed by atoms with Crippen molar-refractivity contribution in [3.63, 3.8) is 0 Å². The number of nitrogens with one attached hydrogen (secondary N) is 2. The third-order valence-corrected chi connectivity index (χ3v) is 5.67. The molecule has 0 saturated heterocycles. The molecule has 3 heterocycles. The fourth-order valence-corrected chi connectivity index (χ4v) is 3.65. The Morgan fingerprint density at radius 1 is 1.24 bits per heavy atom. The smallest absolute Gasteiger partial charge is 0.255 e. The van der Waals surface area contributed by atoms with Crippen molar-refractivity contribution in [2.75, 3.05) is 18.5 Å². The maximum Gasteiger partial charge on any atom is 0.255 e. The van der Waals surface area contributed by atoms with Crippen LogP contribution in [0.4, 0.5) is 15.8 Å². The number of hydrogen-bond acceptors (Lipinski definition) is 7. The first kappa shape index (κ1) is 25.6. The lowest BCUT2D eigenvalue weighted by molar-refractivity contribution is -0.00177. The second-order valence-electron chi connectivity index (χ2n) is 8.94. The number of benzene rings is 1. The van der Waals surface area contributed by atoms with E-state index in [-0.39, 0.29) is 12.1 Å². The number of rotatable bonds is 9. The third-order valence-electron chi connectivity index (χ3n) is 5.67. The van der Waals surface area contributed by atoms with Crippen molar-refractivity contribution in [2.24, 2.45) is 0 Å². The topological polar surface area (TPSA) is 125 Å². The Morgan fingerprint density at radius 2 is 2.05 bits per heavy atom. The molecule has 0 fully saturated rings. The number of nitriles is 1. The van der Waals surface area contributed by atoms with Crippen LogP contribution >= 0.6 is 0 Å². The SMILES string of the molecule is CCOc1cccc(Nc2cc(-c3ccc4cc(C#N)cnn34)ncc2C(=O)NCC(F)C(C)(C)O)c1. The van der Waals surface area contributed by atoms with Crippen molar-refractivity contribution in [3.05, 3.63) is 72.1 Å². The Balaban J connectivity index is 1.71. The summed E-state index contributed by atoms with van der Waals surface area (Å²) in [5.74, 6) is 0.111. The van der Waals surface area contributed by atoms with Gasteiger partial charge in [-0.1, -0.05) is 6.07 Å². The summed E-state index contributed by atoms with van der Waals surface area (Å²) in [7, 11) is 0. The van der Waals surface area contributed by atoms with Gasteiger partial charge in [-0.05, 0) is 57.2 Å². The number of hydrogen-bond donors (Lipinski definition) is 3. The highest BCUT2D eigenvalue weighted by atomic mass is 19.1. The number of ether oxygens (including phenoxy) is 1. The van der Waals surface area contributed by atoms with Gasteiger partial charge in [0.1, 0.15) is 18.0 Å². The van der Waals surface area contributed by atoms with E-state index in [4.69, 9.17) is 10.00 Å². The molecule has 1 unspecified atom stereocenters. The number of carbonyl (C=O) groups is 1. The Hall–Kier alpha value is -4.49. The minimum Gasteiger partial charge on any atom is -0.494 e. The zero-order valence-electron chi connectivity index (χ0n) is 20.7. The number of fused-ring (bicyclic) bond motifs is 1. The van der Waals surface area contributed by atoms with Gasteiger partial charge in [0.05, 0.1) is 58.7 Å². The fraction of sp³-hybridized carbons (Fsp3) is 0.259. The molecule has 3 aromatic heterocycles. The van der Waals surface area contributed by atoms with Gasteiger partial charge < -0.3 is 20.5 Å². The highest BCUT2D eigenvalue weighted by molar-refractivity contribution is 6.00. The molecule has 9 nitrogen and oxygen atoms in total. The average Bonchev–Trinajstić information content (AvgIpc) is 3.30. The molecule has 4 aromatic rings. The van der Waals surface area contributed by atoms with Crippen LogP contribution in [0.2, 0.25) is 0 Å². The fourth-order valence-electron chi connectivity index (χ4n) is 3.65. The number of amides is 1.